The van der Waals surface area contributed by atoms with E-state index in [9.17, 15) is 9.65 Å². The normalized spacial score (nSPS) is 11.2. The van der Waals surface area contributed by atoms with Crippen molar-refractivity contribution in [1.82, 2.24) is 4.98 Å². The Labute approximate surface area is 131 Å². The zero-order valence-electron chi connectivity index (χ0n) is 11.5. The lowest BCUT2D eigenvalue weighted by Gasteiger charge is -1.96. The van der Waals surface area contributed by atoms with Crippen LogP contribution < -0.4 is 0 Å². The van der Waals surface area contributed by atoms with Crippen LogP contribution in [0, 0.1) is 17.1 Å². The summed E-state index contributed by atoms with van der Waals surface area (Å²) in [7, 11) is 0. The fraction of sp³-hybridized carbons (Fsp3) is 0. The highest BCUT2D eigenvalue weighted by Gasteiger charge is 2.08. The van der Waals surface area contributed by atoms with Gasteiger partial charge in [0, 0.05) is 10.9 Å². The van der Waals surface area contributed by atoms with Gasteiger partial charge < -0.3 is 0 Å². The third-order valence-corrected chi connectivity index (χ3v) is 3.98. The fourth-order valence-corrected chi connectivity index (χ4v) is 2.80. The van der Waals surface area contributed by atoms with Crippen molar-refractivity contribution >= 4 is 23.0 Å². The van der Waals surface area contributed by atoms with Crippen molar-refractivity contribution in [2.24, 2.45) is 0 Å². The third-order valence-electron chi connectivity index (χ3n) is 3.11. The number of aromatic nitrogens is 1. The smallest absolute Gasteiger partial charge is 0.134 e. The SMILES string of the molecule is N#CC(=Cc1ccc(F)cc1)c1nc(-c2ccccc2)cs1. The van der Waals surface area contributed by atoms with Gasteiger partial charge in [-0.1, -0.05) is 42.5 Å². The number of nitriles is 1. The Kier molecular flexibility index (Phi) is 4.08. The quantitative estimate of drug-likeness (QED) is 0.637. The standard InChI is InChI=1S/C18H11FN2S/c19-16-8-6-13(7-9-16)10-15(11-20)18-21-17(12-22-18)14-4-2-1-3-5-14/h1-10,12H. The van der Waals surface area contributed by atoms with Gasteiger partial charge in [-0.25, -0.2) is 9.37 Å². The number of halogens is 1. The Morgan fingerprint density at radius 3 is 2.50 bits per heavy atom. The van der Waals surface area contributed by atoms with Gasteiger partial charge in [0.15, 0.2) is 0 Å². The first-order valence-electron chi connectivity index (χ1n) is 6.65. The minimum Gasteiger partial charge on any atom is -0.235 e. The number of hydrogen-bond acceptors (Lipinski definition) is 3. The van der Waals surface area contributed by atoms with Gasteiger partial charge in [0.1, 0.15) is 16.9 Å². The molecule has 0 bridgehead atoms. The van der Waals surface area contributed by atoms with Gasteiger partial charge in [-0.15, -0.1) is 11.3 Å². The number of hydrogen-bond donors (Lipinski definition) is 0. The van der Waals surface area contributed by atoms with E-state index < -0.39 is 0 Å². The van der Waals surface area contributed by atoms with E-state index >= 15 is 0 Å². The Hall–Kier alpha value is -2.77. The number of thiazole rings is 1. The molecule has 0 unspecified atom stereocenters. The lowest BCUT2D eigenvalue weighted by molar-refractivity contribution is 0.628. The summed E-state index contributed by atoms with van der Waals surface area (Å²) in [5.74, 6) is -0.295. The molecule has 106 valence electrons. The van der Waals surface area contributed by atoms with Crippen LogP contribution in [0.15, 0.2) is 60.0 Å². The molecule has 2 nitrogen and oxygen atoms in total. The molecule has 0 saturated heterocycles. The summed E-state index contributed by atoms with van der Waals surface area (Å²) in [6.45, 7) is 0. The van der Waals surface area contributed by atoms with Crippen LogP contribution in [0.4, 0.5) is 4.39 Å². The molecule has 3 rings (SSSR count). The minimum absolute atomic E-state index is 0.295. The maximum Gasteiger partial charge on any atom is 0.134 e. The Balaban J connectivity index is 1.94. The molecular weight excluding hydrogens is 295 g/mol. The van der Waals surface area contributed by atoms with Gasteiger partial charge in [-0.05, 0) is 23.8 Å². The molecule has 1 aromatic heterocycles. The van der Waals surface area contributed by atoms with E-state index in [0.717, 1.165) is 16.8 Å². The molecule has 0 aliphatic heterocycles. The first-order chi connectivity index (χ1) is 10.8. The van der Waals surface area contributed by atoms with Crippen molar-refractivity contribution in [3.05, 3.63) is 76.4 Å². The second kappa shape index (κ2) is 6.33. The molecule has 22 heavy (non-hydrogen) atoms. The first-order valence-corrected chi connectivity index (χ1v) is 7.53. The van der Waals surface area contributed by atoms with Crippen LogP contribution in [-0.4, -0.2) is 4.98 Å². The van der Waals surface area contributed by atoms with E-state index in [2.05, 4.69) is 11.1 Å². The molecule has 0 amide bonds. The molecule has 0 spiro atoms. The predicted molar refractivity (Wildman–Crippen MR) is 87.4 cm³/mol. The lowest BCUT2D eigenvalue weighted by atomic mass is 10.1. The molecule has 0 atom stereocenters. The van der Waals surface area contributed by atoms with Crippen LogP contribution in [0.5, 0.6) is 0 Å². The van der Waals surface area contributed by atoms with Crippen molar-refractivity contribution in [3.63, 3.8) is 0 Å². The zero-order chi connectivity index (χ0) is 15.4. The van der Waals surface area contributed by atoms with E-state index in [4.69, 9.17) is 0 Å². The largest absolute Gasteiger partial charge is 0.235 e. The van der Waals surface area contributed by atoms with Crippen LogP contribution >= 0.6 is 11.3 Å². The fourth-order valence-electron chi connectivity index (χ4n) is 2.01. The van der Waals surface area contributed by atoms with Crippen LogP contribution in [-0.2, 0) is 0 Å². The highest BCUT2D eigenvalue weighted by atomic mass is 32.1. The van der Waals surface area contributed by atoms with E-state index in [1.165, 1.54) is 23.5 Å². The van der Waals surface area contributed by atoms with Gasteiger partial charge in [0.05, 0.1) is 11.3 Å². The maximum absolute atomic E-state index is 12.9. The molecule has 3 aromatic rings. The average molecular weight is 306 g/mol. The monoisotopic (exact) mass is 306 g/mol. The highest BCUT2D eigenvalue weighted by molar-refractivity contribution is 7.11. The number of rotatable bonds is 3. The van der Waals surface area contributed by atoms with Crippen molar-refractivity contribution < 1.29 is 4.39 Å². The van der Waals surface area contributed by atoms with Crippen molar-refractivity contribution in [2.75, 3.05) is 0 Å². The van der Waals surface area contributed by atoms with Crippen LogP contribution in [0.1, 0.15) is 10.6 Å². The number of benzene rings is 2. The summed E-state index contributed by atoms with van der Waals surface area (Å²) in [4.78, 5) is 4.52. The molecule has 0 saturated carbocycles. The Morgan fingerprint density at radius 2 is 1.82 bits per heavy atom. The minimum atomic E-state index is -0.295. The molecule has 1 heterocycles. The molecular formula is C18H11FN2S. The van der Waals surface area contributed by atoms with E-state index in [1.807, 2.05) is 35.7 Å². The average Bonchev–Trinajstić information content (AvgIpc) is 3.05. The molecule has 0 fully saturated rings. The van der Waals surface area contributed by atoms with Gasteiger partial charge in [0.25, 0.3) is 0 Å². The summed E-state index contributed by atoms with van der Waals surface area (Å²) in [6, 6.07) is 18.0. The van der Waals surface area contributed by atoms with E-state index in [1.54, 1.807) is 18.2 Å². The van der Waals surface area contributed by atoms with Crippen molar-refractivity contribution in [3.8, 4) is 17.3 Å². The highest BCUT2D eigenvalue weighted by Crippen LogP contribution is 2.27. The molecule has 2 aromatic carbocycles. The zero-order valence-corrected chi connectivity index (χ0v) is 12.3. The third kappa shape index (κ3) is 3.11. The summed E-state index contributed by atoms with van der Waals surface area (Å²) in [5.41, 5.74) is 3.11. The van der Waals surface area contributed by atoms with Gasteiger partial charge >= 0.3 is 0 Å². The van der Waals surface area contributed by atoms with Crippen LogP contribution in [0.3, 0.4) is 0 Å². The molecule has 0 aliphatic carbocycles. The van der Waals surface area contributed by atoms with Gasteiger partial charge in [-0.2, -0.15) is 5.26 Å². The second-order valence-electron chi connectivity index (χ2n) is 4.63. The molecule has 0 N–H and O–H groups in total. The number of nitrogens with zero attached hydrogens (tertiary/aromatic N) is 2. The lowest BCUT2D eigenvalue weighted by Crippen LogP contribution is -1.83. The van der Waals surface area contributed by atoms with Crippen LogP contribution in [0.2, 0.25) is 0 Å². The van der Waals surface area contributed by atoms with E-state index in [-0.39, 0.29) is 5.82 Å². The van der Waals surface area contributed by atoms with Crippen LogP contribution in [0.25, 0.3) is 22.9 Å². The summed E-state index contributed by atoms with van der Waals surface area (Å²) < 4.78 is 12.9. The van der Waals surface area contributed by atoms with Crippen molar-refractivity contribution in [2.45, 2.75) is 0 Å². The number of allylic oxidation sites excluding steroid dienone is 1. The summed E-state index contributed by atoms with van der Waals surface area (Å²) in [6.07, 6.45) is 1.72. The summed E-state index contributed by atoms with van der Waals surface area (Å²) in [5, 5.41) is 11.9. The predicted octanol–water partition coefficient (Wildman–Crippen LogP) is 5.01. The Morgan fingerprint density at radius 1 is 1.09 bits per heavy atom. The van der Waals surface area contributed by atoms with Gasteiger partial charge in [0.2, 0.25) is 0 Å². The second-order valence-corrected chi connectivity index (χ2v) is 5.48. The topological polar surface area (TPSA) is 36.7 Å². The molecule has 0 radical (unpaired) electrons. The van der Waals surface area contributed by atoms with Crippen molar-refractivity contribution in [1.29, 1.82) is 5.26 Å². The maximum atomic E-state index is 12.9. The molecule has 0 aliphatic rings. The molecule has 4 heteroatoms. The van der Waals surface area contributed by atoms with E-state index in [0.29, 0.717) is 10.6 Å². The summed E-state index contributed by atoms with van der Waals surface area (Å²) >= 11 is 1.42. The Bertz CT molecular complexity index is 843. The van der Waals surface area contributed by atoms with Gasteiger partial charge in [-0.3, -0.25) is 0 Å². The first kappa shape index (κ1) is 14.2.